The number of hydrogen-bond acceptors (Lipinski definition) is 6. The number of halogens is 1. The van der Waals surface area contributed by atoms with Crippen molar-refractivity contribution >= 4 is 24.3 Å². The maximum Gasteiger partial charge on any atom is 0.309 e. The van der Waals surface area contributed by atoms with E-state index >= 15 is 0 Å². The zero-order valence-corrected chi connectivity index (χ0v) is 7.35. The average Bonchev–Trinajstić information content (AvgIpc) is 2.35. The average molecular weight is 195 g/mol. The quantitative estimate of drug-likeness (QED) is 0.477. The number of aliphatic imine (C=N–C) groups is 1. The predicted octanol–water partition coefficient (Wildman–Crippen LogP) is -1.28. The molecule has 6 nitrogen and oxygen atoms in total. The number of hydrazine groups is 1. The third kappa shape index (κ3) is 2.93. The van der Waals surface area contributed by atoms with Gasteiger partial charge in [-0.2, -0.15) is 0 Å². The summed E-state index contributed by atoms with van der Waals surface area (Å²) in [7, 11) is 1.33. The lowest BCUT2D eigenvalue weighted by atomic mass is 10.4. The highest BCUT2D eigenvalue weighted by Crippen LogP contribution is 1.97. The molecule has 1 atom stereocenters. The van der Waals surface area contributed by atoms with Crippen LogP contribution < -0.4 is 16.6 Å². The van der Waals surface area contributed by atoms with Crippen LogP contribution in [0.2, 0.25) is 0 Å². The van der Waals surface area contributed by atoms with Gasteiger partial charge in [-0.05, 0) is 0 Å². The van der Waals surface area contributed by atoms with Crippen LogP contribution in [0.1, 0.15) is 6.42 Å². The van der Waals surface area contributed by atoms with Crippen molar-refractivity contribution in [2.24, 2.45) is 10.7 Å². The number of guanidine groups is 1. The lowest BCUT2D eigenvalue weighted by Gasteiger charge is -2.03. The molecule has 12 heavy (non-hydrogen) atoms. The molecule has 1 heterocycles. The van der Waals surface area contributed by atoms with Crippen molar-refractivity contribution in [2.45, 2.75) is 12.6 Å². The molecule has 0 saturated carbocycles. The first-order chi connectivity index (χ1) is 5.22. The van der Waals surface area contributed by atoms with Gasteiger partial charge in [0.2, 0.25) is 5.96 Å². The van der Waals surface area contributed by atoms with Crippen LogP contribution in [-0.4, -0.2) is 25.2 Å². The van der Waals surface area contributed by atoms with Gasteiger partial charge in [0, 0.05) is 0 Å². The third-order valence-corrected chi connectivity index (χ3v) is 1.25. The normalized spacial score (nSPS) is 20.4. The summed E-state index contributed by atoms with van der Waals surface area (Å²) in [5, 5.41) is 0. The van der Waals surface area contributed by atoms with Crippen LogP contribution in [0.15, 0.2) is 4.99 Å². The van der Waals surface area contributed by atoms with Crippen LogP contribution in [0.5, 0.6) is 0 Å². The molecule has 0 aromatic rings. The van der Waals surface area contributed by atoms with Gasteiger partial charge in [0.1, 0.15) is 6.17 Å². The van der Waals surface area contributed by atoms with E-state index in [0.29, 0.717) is 5.96 Å². The molecule has 1 aliphatic rings. The van der Waals surface area contributed by atoms with Gasteiger partial charge < -0.3 is 10.5 Å². The molecule has 0 aromatic heterocycles. The molecule has 0 amide bonds. The minimum Gasteiger partial charge on any atom is -0.469 e. The molecule has 4 N–H and O–H groups in total. The van der Waals surface area contributed by atoms with Gasteiger partial charge in [-0.1, -0.05) is 0 Å². The van der Waals surface area contributed by atoms with E-state index < -0.39 is 0 Å². The number of methoxy groups -OCH3 is 1. The number of ether oxygens (including phenoxy) is 1. The van der Waals surface area contributed by atoms with E-state index in [1.54, 1.807) is 0 Å². The lowest BCUT2D eigenvalue weighted by Crippen LogP contribution is -2.38. The first-order valence-electron chi connectivity index (χ1n) is 3.14. The van der Waals surface area contributed by atoms with E-state index in [9.17, 15) is 4.79 Å². The Morgan fingerprint density at radius 3 is 2.92 bits per heavy atom. The number of nitrogens with one attached hydrogen (secondary N) is 2. The van der Waals surface area contributed by atoms with E-state index in [-0.39, 0.29) is 31.0 Å². The van der Waals surface area contributed by atoms with Gasteiger partial charge in [-0.3, -0.25) is 10.2 Å². The molecule has 0 radical (unpaired) electrons. The molecule has 1 aliphatic heterocycles. The Hall–Kier alpha value is -1.01. The highest BCUT2D eigenvalue weighted by molar-refractivity contribution is 5.85. The molecule has 0 aromatic carbocycles. The molecule has 70 valence electrons. The summed E-state index contributed by atoms with van der Waals surface area (Å²) in [5.74, 6) is -0.0262. The molecular weight excluding hydrogens is 184 g/mol. The number of nitrogens with zero attached hydrogens (tertiary/aromatic N) is 1. The second kappa shape index (κ2) is 4.78. The number of rotatable bonds is 2. The van der Waals surface area contributed by atoms with Crippen molar-refractivity contribution < 1.29 is 9.53 Å². The van der Waals surface area contributed by atoms with E-state index in [1.807, 2.05) is 0 Å². The molecule has 1 rings (SSSR count). The largest absolute Gasteiger partial charge is 0.469 e. The standard InChI is InChI=1S/C5H10N4O2.ClH/c1-11-4(10)2-3-7-5(6)9-8-3;/h3,8H,2H2,1H3,(H3,6,7,9);1H. The molecular formula is C5H11ClN4O2. The minimum atomic E-state index is -0.317. The second-order valence-electron chi connectivity index (χ2n) is 2.08. The van der Waals surface area contributed by atoms with Crippen molar-refractivity contribution in [2.75, 3.05) is 7.11 Å². The fourth-order valence-corrected chi connectivity index (χ4v) is 0.728. The van der Waals surface area contributed by atoms with Crippen LogP contribution >= 0.6 is 12.4 Å². The van der Waals surface area contributed by atoms with Crippen molar-refractivity contribution in [3.63, 3.8) is 0 Å². The Bertz CT molecular complexity index is 196. The highest BCUT2D eigenvalue weighted by atomic mass is 35.5. The van der Waals surface area contributed by atoms with Gasteiger partial charge in [0.25, 0.3) is 0 Å². The number of esters is 1. The van der Waals surface area contributed by atoms with E-state index in [4.69, 9.17) is 5.73 Å². The number of carbonyl (C=O) groups excluding carboxylic acids is 1. The van der Waals surface area contributed by atoms with Crippen molar-refractivity contribution in [3.8, 4) is 0 Å². The SMILES string of the molecule is COC(=O)CC1N=C(N)NN1.Cl. The fourth-order valence-electron chi connectivity index (χ4n) is 0.728. The summed E-state index contributed by atoms with van der Waals surface area (Å²) >= 11 is 0. The van der Waals surface area contributed by atoms with Gasteiger partial charge in [0.15, 0.2) is 0 Å². The number of hydrogen-bond donors (Lipinski definition) is 3. The van der Waals surface area contributed by atoms with E-state index in [2.05, 4.69) is 20.6 Å². The van der Waals surface area contributed by atoms with Crippen LogP contribution in [-0.2, 0) is 9.53 Å². The zero-order valence-electron chi connectivity index (χ0n) is 6.53. The van der Waals surface area contributed by atoms with Crippen molar-refractivity contribution in [3.05, 3.63) is 0 Å². The summed E-state index contributed by atoms with van der Waals surface area (Å²) in [6.07, 6.45) is -0.119. The molecule has 0 saturated heterocycles. The van der Waals surface area contributed by atoms with Crippen LogP contribution in [0.25, 0.3) is 0 Å². The molecule has 1 unspecified atom stereocenters. The summed E-state index contributed by atoms with van der Waals surface area (Å²) in [6, 6.07) is 0. The summed E-state index contributed by atoms with van der Waals surface area (Å²) in [4.78, 5) is 14.5. The Balaban J connectivity index is 0.00000121. The second-order valence-corrected chi connectivity index (χ2v) is 2.08. The smallest absolute Gasteiger partial charge is 0.309 e. The van der Waals surface area contributed by atoms with Crippen LogP contribution in [0, 0.1) is 0 Å². The maximum absolute atomic E-state index is 10.7. The predicted molar refractivity (Wildman–Crippen MR) is 45.6 cm³/mol. The van der Waals surface area contributed by atoms with Gasteiger partial charge in [-0.25, -0.2) is 10.4 Å². The summed E-state index contributed by atoms with van der Waals surface area (Å²) in [6.45, 7) is 0. The van der Waals surface area contributed by atoms with Crippen LogP contribution in [0.4, 0.5) is 0 Å². The maximum atomic E-state index is 10.7. The molecule has 0 aliphatic carbocycles. The molecule has 0 fully saturated rings. The lowest BCUT2D eigenvalue weighted by molar-refractivity contribution is -0.141. The van der Waals surface area contributed by atoms with Crippen molar-refractivity contribution in [1.82, 2.24) is 10.9 Å². The van der Waals surface area contributed by atoms with E-state index in [1.165, 1.54) is 7.11 Å². The first kappa shape index (κ1) is 11.0. The topological polar surface area (TPSA) is 88.7 Å². The zero-order chi connectivity index (χ0) is 8.27. The number of nitrogens with two attached hydrogens (primary N) is 1. The molecule has 0 spiro atoms. The monoisotopic (exact) mass is 194 g/mol. The summed E-state index contributed by atoms with van der Waals surface area (Å²) in [5.41, 5.74) is 10.5. The van der Waals surface area contributed by atoms with E-state index in [0.717, 1.165) is 0 Å². The van der Waals surface area contributed by atoms with Crippen molar-refractivity contribution in [1.29, 1.82) is 0 Å². The molecule has 7 heteroatoms. The Morgan fingerprint density at radius 1 is 1.83 bits per heavy atom. The van der Waals surface area contributed by atoms with Gasteiger partial charge >= 0.3 is 5.97 Å². The highest BCUT2D eigenvalue weighted by Gasteiger charge is 2.17. The molecule has 0 bridgehead atoms. The first-order valence-corrected chi connectivity index (χ1v) is 3.14. The van der Waals surface area contributed by atoms with Gasteiger partial charge in [0.05, 0.1) is 13.5 Å². The number of carbonyl (C=O) groups is 1. The fraction of sp³-hybridized carbons (Fsp3) is 0.600. The Labute approximate surface area is 75.9 Å². The Kier molecular flexibility index (Phi) is 4.38. The minimum absolute atomic E-state index is 0. The Morgan fingerprint density at radius 2 is 2.50 bits per heavy atom. The van der Waals surface area contributed by atoms with Crippen LogP contribution in [0.3, 0.4) is 0 Å². The third-order valence-electron chi connectivity index (χ3n) is 1.25. The summed E-state index contributed by atoms with van der Waals surface area (Å²) < 4.78 is 4.43. The van der Waals surface area contributed by atoms with Gasteiger partial charge in [-0.15, -0.1) is 12.4 Å².